The maximum atomic E-state index is 12.1. The highest BCUT2D eigenvalue weighted by molar-refractivity contribution is 5.91. The van der Waals surface area contributed by atoms with Crippen LogP contribution in [-0.2, 0) is 16.0 Å². The summed E-state index contributed by atoms with van der Waals surface area (Å²) in [5.41, 5.74) is 8.52. The highest BCUT2D eigenvalue weighted by atomic mass is 35.5. The number of rotatable bonds is 3. The predicted molar refractivity (Wildman–Crippen MR) is 88.0 cm³/mol. The van der Waals surface area contributed by atoms with Crippen LogP contribution in [0.15, 0.2) is 42.6 Å². The van der Waals surface area contributed by atoms with Gasteiger partial charge in [0.25, 0.3) is 0 Å². The molecule has 2 aromatic rings. The number of hydrogen-bond acceptors (Lipinski definition) is 4. The summed E-state index contributed by atoms with van der Waals surface area (Å²) in [6, 6.07) is 11.5. The van der Waals surface area contributed by atoms with Gasteiger partial charge in [-0.15, -0.1) is 12.4 Å². The summed E-state index contributed by atoms with van der Waals surface area (Å²) in [6.07, 6.45) is 2.55. The van der Waals surface area contributed by atoms with Crippen molar-refractivity contribution in [2.45, 2.75) is 18.9 Å². The van der Waals surface area contributed by atoms with Gasteiger partial charge in [0.15, 0.2) is 0 Å². The van der Waals surface area contributed by atoms with Crippen molar-refractivity contribution >= 4 is 29.8 Å². The van der Waals surface area contributed by atoms with E-state index in [-0.39, 0.29) is 24.4 Å². The number of nitrogens with two attached hydrogens (primary N) is 1. The predicted octanol–water partition coefficient (Wildman–Crippen LogP) is 2.73. The van der Waals surface area contributed by atoms with E-state index in [2.05, 4.69) is 16.4 Å². The van der Waals surface area contributed by atoms with E-state index < -0.39 is 0 Å². The minimum atomic E-state index is -0.184. The zero-order valence-corrected chi connectivity index (χ0v) is 12.8. The van der Waals surface area contributed by atoms with Crippen LogP contribution in [0.5, 0.6) is 0 Å². The Morgan fingerprint density at radius 2 is 2.14 bits per heavy atom. The molecule has 3 N–H and O–H groups in total. The van der Waals surface area contributed by atoms with Crippen molar-refractivity contribution in [3.63, 3.8) is 0 Å². The normalized spacial score (nSPS) is 16.3. The number of nitrogens with one attached hydrogen (secondary N) is 1. The summed E-state index contributed by atoms with van der Waals surface area (Å²) in [5, 5.41) is 2.81. The monoisotopic (exact) mass is 319 g/mol. The van der Waals surface area contributed by atoms with Crippen molar-refractivity contribution in [2.24, 2.45) is 0 Å². The largest absolute Gasteiger partial charge is 0.384 e. The van der Waals surface area contributed by atoms with Crippen LogP contribution in [0.25, 0.3) is 0 Å². The Kier molecular flexibility index (Phi) is 5.35. The zero-order valence-electron chi connectivity index (χ0n) is 12.0. The highest BCUT2D eigenvalue weighted by Gasteiger charge is 2.23. The summed E-state index contributed by atoms with van der Waals surface area (Å²) >= 11 is 0. The van der Waals surface area contributed by atoms with E-state index in [0.717, 1.165) is 12.0 Å². The van der Waals surface area contributed by atoms with Gasteiger partial charge in [0, 0.05) is 0 Å². The van der Waals surface area contributed by atoms with E-state index in [0.29, 0.717) is 24.5 Å². The van der Waals surface area contributed by atoms with E-state index in [9.17, 15) is 4.79 Å². The van der Waals surface area contributed by atoms with Gasteiger partial charge in [-0.05, 0) is 29.7 Å². The summed E-state index contributed by atoms with van der Waals surface area (Å²) in [5.74, 6) is 0.334. The first kappa shape index (κ1) is 16.3. The number of nitrogen functional groups attached to an aromatic ring is 1. The van der Waals surface area contributed by atoms with Crippen LogP contribution in [0.3, 0.4) is 0 Å². The molecule has 6 heteroatoms. The molecule has 1 aliphatic rings. The quantitative estimate of drug-likeness (QED) is 0.912. The van der Waals surface area contributed by atoms with E-state index in [1.807, 2.05) is 18.2 Å². The number of nitrogens with zero attached hydrogens (tertiary/aromatic N) is 1. The van der Waals surface area contributed by atoms with Gasteiger partial charge < -0.3 is 15.8 Å². The second-order valence-corrected chi connectivity index (χ2v) is 5.03. The minimum Gasteiger partial charge on any atom is -0.384 e. The lowest BCUT2D eigenvalue weighted by Crippen LogP contribution is -2.22. The molecule has 0 fully saturated rings. The van der Waals surface area contributed by atoms with Gasteiger partial charge in [-0.1, -0.05) is 24.3 Å². The fourth-order valence-electron chi connectivity index (χ4n) is 2.51. The first-order valence-electron chi connectivity index (χ1n) is 6.93. The molecule has 116 valence electrons. The van der Waals surface area contributed by atoms with E-state index in [4.69, 9.17) is 10.5 Å². The van der Waals surface area contributed by atoms with Crippen LogP contribution >= 0.6 is 12.4 Å². The van der Waals surface area contributed by atoms with Gasteiger partial charge in [-0.2, -0.15) is 0 Å². The van der Waals surface area contributed by atoms with Gasteiger partial charge in [0.05, 0.1) is 31.0 Å². The molecule has 0 aliphatic carbocycles. The lowest BCUT2D eigenvalue weighted by molar-refractivity contribution is -0.119. The van der Waals surface area contributed by atoms with Crippen LogP contribution in [0, 0.1) is 0 Å². The molecule has 22 heavy (non-hydrogen) atoms. The third kappa shape index (κ3) is 3.75. The van der Waals surface area contributed by atoms with Crippen molar-refractivity contribution in [3.05, 3.63) is 53.7 Å². The SMILES string of the molecule is Cl.Nc1ccc(NC(=O)CC2OCCc3ccccc32)cn1. The molecular formula is C16H18ClN3O2. The summed E-state index contributed by atoms with van der Waals surface area (Å²) in [7, 11) is 0. The first-order chi connectivity index (χ1) is 10.2. The Hall–Kier alpha value is -2.11. The van der Waals surface area contributed by atoms with Crippen molar-refractivity contribution < 1.29 is 9.53 Å². The third-order valence-corrected chi connectivity index (χ3v) is 3.53. The fraction of sp³-hybridized carbons (Fsp3) is 0.250. The van der Waals surface area contributed by atoms with Crippen LogP contribution in [-0.4, -0.2) is 17.5 Å². The maximum Gasteiger partial charge on any atom is 0.227 e. The molecule has 0 saturated carbocycles. The van der Waals surface area contributed by atoms with E-state index >= 15 is 0 Å². The first-order valence-corrected chi connectivity index (χ1v) is 6.93. The number of ether oxygens (including phenoxy) is 1. The Labute approximate surface area is 135 Å². The number of amides is 1. The molecule has 2 heterocycles. The lowest BCUT2D eigenvalue weighted by Gasteiger charge is -2.25. The number of carbonyl (C=O) groups is 1. The lowest BCUT2D eigenvalue weighted by atomic mass is 9.95. The van der Waals surface area contributed by atoms with Gasteiger partial charge in [-0.3, -0.25) is 4.79 Å². The molecular weight excluding hydrogens is 302 g/mol. The highest BCUT2D eigenvalue weighted by Crippen LogP contribution is 2.29. The van der Waals surface area contributed by atoms with Crippen LogP contribution in [0.4, 0.5) is 11.5 Å². The standard InChI is InChI=1S/C16H17N3O2.ClH/c17-15-6-5-12(10-18-15)19-16(20)9-14-13-4-2-1-3-11(13)7-8-21-14;/h1-6,10,14H,7-9H2,(H2,17,18)(H,19,20);1H. The summed E-state index contributed by atoms with van der Waals surface area (Å²) < 4.78 is 5.74. The molecule has 0 radical (unpaired) electrons. The van der Waals surface area contributed by atoms with Crippen molar-refractivity contribution in [2.75, 3.05) is 17.7 Å². The average molecular weight is 320 g/mol. The molecule has 3 rings (SSSR count). The van der Waals surface area contributed by atoms with Gasteiger partial charge >= 0.3 is 0 Å². The number of benzene rings is 1. The second-order valence-electron chi connectivity index (χ2n) is 5.03. The van der Waals surface area contributed by atoms with Crippen molar-refractivity contribution in [1.82, 2.24) is 4.98 Å². The number of halogens is 1. The van der Waals surface area contributed by atoms with Crippen LogP contribution < -0.4 is 11.1 Å². The molecule has 5 nitrogen and oxygen atoms in total. The van der Waals surface area contributed by atoms with E-state index in [1.165, 1.54) is 5.56 Å². The Morgan fingerprint density at radius 1 is 1.32 bits per heavy atom. The second kappa shape index (κ2) is 7.24. The fourth-order valence-corrected chi connectivity index (χ4v) is 2.51. The molecule has 1 aliphatic heterocycles. The molecule has 1 unspecified atom stereocenters. The van der Waals surface area contributed by atoms with Crippen LogP contribution in [0.2, 0.25) is 0 Å². The molecule has 0 bridgehead atoms. The average Bonchev–Trinajstić information content (AvgIpc) is 2.50. The number of anilines is 2. The number of fused-ring (bicyclic) bond motifs is 1. The molecule has 1 amide bonds. The molecule has 1 aromatic carbocycles. The molecule has 0 saturated heterocycles. The third-order valence-electron chi connectivity index (χ3n) is 3.53. The Morgan fingerprint density at radius 3 is 2.91 bits per heavy atom. The van der Waals surface area contributed by atoms with Crippen molar-refractivity contribution in [3.8, 4) is 0 Å². The maximum absolute atomic E-state index is 12.1. The summed E-state index contributed by atoms with van der Waals surface area (Å²) in [4.78, 5) is 16.1. The molecule has 1 aromatic heterocycles. The zero-order chi connectivity index (χ0) is 14.7. The van der Waals surface area contributed by atoms with E-state index in [1.54, 1.807) is 18.3 Å². The number of aromatic nitrogens is 1. The Balaban J connectivity index is 0.00000176. The smallest absolute Gasteiger partial charge is 0.227 e. The number of carbonyl (C=O) groups excluding carboxylic acids is 1. The molecule has 0 spiro atoms. The minimum absolute atomic E-state index is 0. The van der Waals surface area contributed by atoms with Gasteiger partial charge in [0.1, 0.15) is 5.82 Å². The summed E-state index contributed by atoms with van der Waals surface area (Å²) in [6.45, 7) is 0.651. The number of hydrogen-bond donors (Lipinski definition) is 2. The van der Waals surface area contributed by atoms with Crippen LogP contribution in [0.1, 0.15) is 23.7 Å². The van der Waals surface area contributed by atoms with Gasteiger partial charge in [-0.25, -0.2) is 4.98 Å². The molecule has 1 atom stereocenters. The van der Waals surface area contributed by atoms with Gasteiger partial charge in [0.2, 0.25) is 5.91 Å². The Bertz CT molecular complexity index is 646. The topological polar surface area (TPSA) is 77.2 Å². The van der Waals surface area contributed by atoms with Crippen molar-refractivity contribution in [1.29, 1.82) is 0 Å². The number of pyridine rings is 1.